The molecule has 158 valence electrons. The largest absolute Gasteiger partial charge is 0.493 e. The van der Waals surface area contributed by atoms with Gasteiger partial charge in [-0.15, -0.1) is 10.2 Å². The van der Waals surface area contributed by atoms with Crippen molar-refractivity contribution in [3.63, 3.8) is 0 Å². The van der Waals surface area contributed by atoms with Crippen LogP contribution in [0, 0.1) is 0 Å². The van der Waals surface area contributed by atoms with Crippen molar-refractivity contribution in [2.24, 2.45) is 0 Å². The zero-order valence-electron chi connectivity index (χ0n) is 17.0. The molecule has 1 saturated heterocycles. The van der Waals surface area contributed by atoms with Crippen molar-refractivity contribution < 1.29 is 14.3 Å². The van der Waals surface area contributed by atoms with Crippen molar-refractivity contribution in [2.75, 3.05) is 57.7 Å². The summed E-state index contributed by atoms with van der Waals surface area (Å²) >= 11 is 1.42. The van der Waals surface area contributed by atoms with Crippen LogP contribution in [0.15, 0.2) is 30.5 Å². The van der Waals surface area contributed by atoms with Crippen LogP contribution in [0.3, 0.4) is 0 Å². The third kappa shape index (κ3) is 4.07. The third-order valence-corrected chi connectivity index (χ3v) is 5.84. The average molecular weight is 430 g/mol. The summed E-state index contributed by atoms with van der Waals surface area (Å²) in [7, 11) is 5.22. The number of anilines is 2. The van der Waals surface area contributed by atoms with Gasteiger partial charge in [0.2, 0.25) is 10.3 Å². The molecular weight excluding hydrogens is 406 g/mol. The number of piperazine rings is 1. The second-order valence-electron chi connectivity index (χ2n) is 6.81. The number of amides is 1. The molecule has 0 unspecified atom stereocenters. The first kappa shape index (κ1) is 20.1. The van der Waals surface area contributed by atoms with Crippen molar-refractivity contribution in [3.05, 3.63) is 36.2 Å². The molecule has 3 heterocycles. The number of nitrogens with one attached hydrogen (secondary N) is 1. The lowest BCUT2D eigenvalue weighted by Crippen LogP contribution is -2.44. The molecule has 1 aromatic carbocycles. The minimum absolute atomic E-state index is 0.309. The zero-order chi connectivity index (χ0) is 21.1. The number of nitrogens with zero attached hydrogens (tertiary/aromatic N) is 6. The molecule has 1 N–H and O–H groups in total. The summed E-state index contributed by atoms with van der Waals surface area (Å²) < 4.78 is 12.0. The predicted octanol–water partition coefficient (Wildman–Crippen LogP) is 1.75. The molecule has 2 aromatic heterocycles. The van der Waals surface area contributed by atoms with Gasteiger partial charge in [0.05, 0.1) is 20.4 Å². The number of benzene rings is 1. The Morgan fingerprint density at radius 2 is 1.77 bits per heavy atom. The number of carbonyl (C=O) groups is 1. The van der Waals surface area contributed by atoms with Crippen molar-refractivity contribution >= 4 is 28.1 Å². The van der Waals surface area contributed by atoms with Crippen LogP contribution in [0.2, 0.25) is 0 Å². The van der Waals surface area contributed by atoms with Gasteiger partial charge in [-0.25, -0.2) is 0 Å². The lowest BCUT2D eigenvalue weighted by molar-refractivity contribution is 0.101. The first-order valence-electron chi connectivity index (χ1n) is 9.44. The fraction of sp³-hybridized carbons (Fsp3) is 0.368. The Labute approximate surface area is 178 Å². The number of rotatable bonds is 6. The Morgan fingerprint density at radius 3 is 2.50 bits per heavy atom. The smallest absolute Gasteiger partial charge is 0.274 e. The minimum atomic E-state index is -0.309. The number of ether oxygens (including phenoxy) is 2. The maximum Gasteiger partial charge on any atom is 0.274 e. The van der Waals surface area contributed by atoms with Gasteiger partial charge in [0.25, 0.3) is 5.91 Å². The molecule has 0 saturated carbocycles. The van der Waals surface area contributed by atoms with Gasteiger partial charge < -0.3 is 24.6 Å². The highest BCUT2D eigenvalue weighted by Gasteiger charge is 2.21. The molecule has 10 nitrogen and oxygen atoms in total. The summed E-state index contributed by atoms with van der Waals surface area (Å²) in [4.78, 5) is 17.3. The topological polar surface area (TPSA) is 97.6 Å². The Hall–Kier alpha value is -3.18. The number of aromatic nitrogens is 4. The molecule has 0 aliphatic carbocycles. The Kier molecular flexibility index (Phi) is 5.81. The number of methoxy groups -OCH3 is 2. The molecule has 4 rings (SSSR count). The number of hydrogen-bond donors (Lipinski definition) is 1. The monoisotopic (exact) mass is 429 g/mol. The molecule has 1 aliphatic rings. The van der Waals surface area contributed by atoms with E-state index < -0.39 is 0 Å². The van der Waals surface area contributed by atoms with Crippen LogP contribution in [-0.4, -0.2) is 78.2 Å². The van der Waals surface area contributed by atoms with Crippen LogP contribution in [0.1, 0.15) is 10.5 Å². The van der Waals surface area contributed by atoms with Crippen LogP contribution >= 0.6 is 11.3 Å². The van der Waals surface area contributed by atoms with Gasteiger partial charge in [-0.1, -0.05) is 11.3 Å². The number of likely N-dealkylation sites (N-methyl/N-ethyl adjacent to an activating group) is 1. The van der Waals surface area contributed by atoms with Crippen molar-refractivity contribution in [2.45, 2.75) is 0 Å². The quantitative estimate of drug-likeness (QED) is 0.633. The molecular formula is C19H23N7O3S. The lowest BCUT2D eigenvalue weighted by Gasteiger charge is -2.31. The van der Waals surface area contributed by atoms with Crippen LogP contribution in [0.5, 0.6) is 11.5 Å². The lowest BCUT2D eigenvalue weighted by atomic mass is 10.2. The summed E-state index contributed by atoms with van der Waals surface area (Å²) in [6, 6.07) is 6.83. The van der Waals surface area contributed by atoms with Crippen LogP contribution < -0.4 is 19.7 Å². The summed E-state index contributed by atoms with van der Waals surface area (Å²) in [5, 5.41) is 17.1. The molecule has 1 fully saturated rings. The minimum Gasteiger partial charge on any atom is -0.493 e. The molecule has 11 heteroatoms. The van der Waals surface area contributed by atoms with Gasteiger partial charge in [0.15, 0.2) is 11.5 Å². The van der Waals surface area contributed by atoms with E-state index in [1.54, 1.807) is 44.7 Å². The Morgan fingerprint density at radius 1 is 1.03 bits per heavy atom. The highest BCUT2D eigenvalue weighted by molar-refractivity contribution is 7.17. The van der Waals surface area contributed by atoms with E-state index >= 15 is 0 Å². The standard InChI is InChI=1S/C19H23N7O3S/c1-24-8-10-25(11-9-24)18-22-23-19(30-18)26-14(6-7-20-26)17(27)21-13-4-5-15(28-2)16(12-13)29-3/h4-7,12H,8-11H2,1-3H3,(H,21,27). The van der Waals surface area contributed by atoms with Crippen LogP contribution in [0.25, 0.3) is 5.13 Å². The molecule has 0 atom stereocenters. The third-order valence-electron chi connectivity index (χ3n) is 4.88. The fourth-order valence-electron chi connectivity index (χ4n) is 3.16. The van der Waals surface area contributed by atoms with Crippen LogP contribution in [-0.2, 0) is 0 Å². The molecule has 1 amide bonds. The molecule has 0 spiro atoms. The number of hydrogen-bond acceptors (Lipinski definition) is 9. The van der Waals surface area contributed by atoms with E-state index in [2.05, 4.69) is 37.5 Å². The van der Waals surface area contributed by atoms with E-state index in [9.17, 15) is 4.79 Å². The maximum atomic E-state index is 12.9. The van der Waals surface area contributed by atoms with Gasteiger partial charge in [-0.3, -0.25) is 4.79 Å². The van der Waals surface area contributed by atoms with E-state index in [0.29, 0.717) is 28.0 Å². The first-order valence-corrected chi connectivity index (χ1v) is 10.3. The Balaban J connectivity index is 1.51. The highest BCUT2D eigenvalue weighted by Crippen LogP contribution is 2.30. The first-order chi connectivity index (χ1) is 14.6. The summed E-state index contributed by atoms with van der Waals surface area (Å²) in [5.74, 6) is 0.812. The van der Waals surface area contributed by atoms with Gasteiger partial charge >= 0.3 is 0 Å². The molecule has 1 aliphatic heterocycles. The second-order valence-corrected chi connectivity index (χ2v) is 7.74. The summed E-state index contributed by atoms with van der Waals surface area (Å²) in [5.41, 5.74) is 0.951. The van der Waals surface area contributed by atoms with Gasteiger partial charge in [0.1, 0.15) is 5.69 Å². The predicted molar refractivity (Wildman–Crippen MR) is 114 cm³/mol. The fourth-order valence-corrected chi connectivity index (χ4v) is 4.03. The number of carbonyl (C=O) groups excluding carboxylic acids is 1. The van der Waals surface area contributed by atoms with E-state index in [0.717, 1.165) is 31.3 Å². The second kappa shape index (κ2) is 8.67. The maximum absolute atomic E-state index is 12.9. The highest BCUT2D eigenvalue weighted by atomic mass is 32.1. The molecule has 0 radical (unpaired) electrons. The Bertz CT molecular complexity index is 1030. The van der Waals surface area contributed by atoms with Crippen molar-refractivity contribution in [3.8, 4) is 16.6 Å². The summed E-state index contributed by atoms with van der Waals surface area (Å²) in [6.07, 6.45) is 1.57. The van der Waals surface area contributed by atoms with Crippen molar-refractivity contribution in [1.29, 1.82) is 0 Å². The zero-order valence-corrected chi connectivity index (χ0v) is 17.8. The van der Waals surface area contributed by atoms with E-state index in [-0.39, 0.29) is 5.91 Å². The normalized spacial score (nSPS) is 14.6. The van der Waals surface area contributed by atoms with E-state index in [1.807, 2.05) is 0 Å². The summed E-state index contributed by atoms with van der Waals surface area (Å²) in [6.45, 7) is 3.76. The van der Waals surface area contributed by atoms with Gasteiger partial charge in [-0.05, 0) is 25.2 Å². The molecule has 0 bridgehead atoms. The van der Waals surface area contributed by atoms with Gasteiger partial charge in [-0.2, -0.15) is 9.78 Å². The van der Waals surface area contributed by atoms with Gasteiger partial charge in [0, 0.05) is 37.9 Å². The van der Waals surface area contributed by atoms with Crippen molar-refractivity contribution in [1.82, 2.24) is 24.9 Å². The van der Waals surface area contributed by atoms with Crippen LogP contribution in [0.4, 0.5) is 10.8 Å². The molecule has 3 aromatic rings. The van der Waals surface area contributed by atoms with E-state index in [1.165, 1.54) is 16.0 Å². The SMILES string of the molecule is COc1ccc(NC(=O)c2ccnn2-c2nnc(N3CCN(C)CC3)s2)cc1OC. The van der Waals surface area contributed by atoms with E-state index in [4.69, 9.17) is 9.47 Å². The molecule has 30 heavy (non-hydrogen) atoms. The average Bonchev–Trinajstić information content (AvgIpc) is 3.43.